The van der Waals surface area contributed by atoms with Crippen molar-refractivity contribution in [2.45, 2.75) is 53.6 Å². The van der Waals surface area contributed by atoms with Crippen molar-refractivity contribution in [1.82, 2.24) is 9.38 Å². The number of carbonyl (C=O) groups is 3. The maximum atomic E-state index is 12.8. The number of amidine groups is 1. The van der Waals surface area contributed by atoms with E-state index >= 15 is 0 Å². The minimum absolute atomic E-state index is 0.206. The molecule has 1 aliphatic rings. The molecule has 0 saturated heterocycles. The maximum absolute atomic E-state index is 12.8. The van der Waals surface area contributed by atoms with Gasteiger partial charge in [-0.15, -0.1) is 4.48 Å². The highest BCUT2D eigenvalue weighted by Crippen LogP contribution is 2.32. The van der Waals surface area contributed by atoms with E-state index in [0.717, 1.165) is 16.7 Å². The Labute approximate surface area is 217 Å². The number of quaternary nitrogens is 1. The third kappa shape index (κ3) is 6.06. The second-order valence-electron chi connectivity index (χ2n) is 10.2. The molecule has 1 N–H and O–H groups in total. The van der Waals surface area contributed by atoms with Gasteiger partial charge in [-0.3, -0.25) is 0 Å². The number of hydrogen-bond acceptors (Lipinski definition) is 6. The van der Waals surface area contributed by atoms with Crippen LogP contribution in [-0.2, 0) is 4.74 Å². The monoisotopic (exact) mass is 508 g/mol. The Kier molecular flexibility index (Phi) is 7.88. The average molecular weight is 509 g/mol. The van der Waals surface area contributed by atoms with Crippen molar-refractivity contribution in [3.05, 3.63) is 71.1 Å². The van der Waals surface area contributed by atoms with Crippen LogP contribution in [0.1, 0.15) is 54.2 Å². The number of aryl methyl sites for hydroxylation is 3. The van der Waals surface area contributed by atoms with Gasteiger partial charge in [-0.25, -0.2) is 14.6 Å². The summed E-state index contributed by atoms with van der Waals surface area (Å²) in [5.74, 6) is 0.153. The number of aliphatic imine (C=N–C) groups is 1. The number of ether oxygens (including phenoxy) is 2. The summed E-state index contributed by atoms with van der Waals surface area (Å²) in [6, 6.07) is 10.2. The highest BCUT2D eigenvalue weighted by atomic mass is 16.6. The molecule has 2 amide bonds. The van der Waals surface area contributed by atoms with Gasteiger partial charge >= 0.3 is 18.2 Å². The molecular weight excluding hydrogens is 474 g/mol. The fourth-order valence-electron chi connectivity index (χ4n) is 4.27. The Morgan fingerprint density at radius 1 is 1.03 bits per heavy atom. The van der Waals surface area contributed by atoms with Gasteiger partial charge in [0.05, 0.1) is 18.2 Å². The predicted molar refractivity (Wildman–Crippen MR) is 142 cm³/mol. The molecule has 0 radical (unpaired) electrons. The third-order valence-electron chi connectivity index (χ3n) is 5.93. The van der Waals surface area contributed by atoms with Crippen molar-refractivity contribution in [3.63, 3.8) is 0 Å². The van der Waals surface area contributed by atoms with Crippen LogP contribution in [0.4, 0.5) is 15.3 Å². The number of nitrogens with zero attached hydrogens (tertiary/aromatic N) is 3. The van der Waals surface area contributed by atoms with Gasteiger partial charge in [0, 0.05) is 25.7 Å². The van der Waals surface area contributed by atoms with Crippen molar-refractivity contribution >= 4 is 29.7 Å². The molecule has 3 rings (SSSR count). The molecule has 0 spiro atoms. The summed E-state index contributed by atoms with van der Waals surface area (Å²) in [5, 5.41) is 10.2. The van der Waals surface area contributed by atoms with Gasteiger partial charge in [-0.1, -0.05) is 17.7 Å². The SMILES string of the molecule is Cc1cc(C)c(C(=O)Oc2ccc([N+]3(C(=O)O)C=CN=C3CCN(C)C(=O)OC(C)(C)C)cc2)c(C)c1. The molecule has 1 aliphatic heterocycles. The van der Waals surface area contributed by atoms with Crippen LogP contribution >= 0.6 is 0 Å². The summed E-state index contributed by atoms with van der Waals surface area (Å²) in [7, 11) is 1.59. The zero-order valence-electron chi connectivity index (χ0n) is 22.4. The molecule has 0 aromatic heterocycles. The van der Waals surface area contributed by atoms with E-state index in [1.165, 1.54) is 17.3 Å². The van der Waals surface area contributed by atoms with Gasteiger partial charge < -0.3 is 19.5 Å². The van der Waals surface area contributed by atoms with Crippen LogP contribution in [0.2, 0.25) is 0 Å². The van der Waals surface area contributed by atoms with E-state index < -0.39 is 28.2 Å². The molecule has 1 atom stereocenters. The molecule has 37 heavy (non-hydrogen) atoms. The van der Waals surface area contributed by atoms with Crippen LogP contribution in [0.3, 0.4) is 0 Å². The first-order chi connectivity index (χ1) is 17.2. The van der Waals surface area contributed by atoms with Crippen LogP contribution in [0, 0.1) is 20.8 Å². The van der Waals surface area contributed by atoms with Gasteiger partial charge in [0.25, 0.3) is 0 Å². The zero-order chi connectivity index (χ0) is 27.5. The van der Waals surface area contributed by atoms with Crippen molar-refractivity contribution < 1.29 is 29.0 Å². The van der Waals surface area contributed by atoms with E-state index in [0.29, 0.717) is 22.8 Å². The Morgan fingerprint density at radius 2 is 1.62 bits per heavy atom. The lowest BCUT2D eigenvalue weighted by atomic mass is 10.00. The van der Waals surface area contributed by atoms with Gasteiger partial charge in [-0.05, 0) is 64.8 Å². The van der Waals surface area contributed by atoms with E-state index in [1.54, 1.807) is 52.1 Å². The summed E-state index contributed by atoms with van der Waals surface area (Å²) in [6.07, 6.45) is 1.46. The molecule has 2 aromatic carbocycles. The molecule has 0 saturated carbocycles. The second kappa shape index (κ2) is 10.6. The summed E-state index contributed by atoms with van der Waals surface area (Å²) < 4.78 is 10.3. The molecule has 0 aliphatic carbocycles. The third-order valence-corrected chi connectivity index (χ3v) is 5.93. The smallest absolute Gasteiger partial charge is 0.444 e. The maximum Gasteiger partial charge on any atom is 0.529 e. The molecule has 196 valence electrons. The Balaban J connectivity index is 1.78. The Morgan fingerprint density at radius 3 is 2.16 bits per heavy atom. The lowest BCUT2D eigenvalue weighted by molar-refractivity contribution is 0.0302. The molecule has 0 bridgehead atoms. The van der Waals surface area contributed by atoms with Crippen molar-refractivity contribution in [3.8, 4) is 5.75 Å². The molecular formula is C28H34N3O6+. The fourth-order valence-corrected chi connectivity index (χ4v) is 4.27. The minimum atomic E-state index is -1.15. The number of hydrogen-bond donors (Lipinski definition) is 1. The summed E-state index contributed by atoms with van der Waals surface area (Å²) in [5.41, 5.74) is 2.99. The normalized spacial score (nSPS) is 16.8. The zero-order valence-corrected chi connectivity index (χ0v) is 22.4. The number of rotatable bonds is 6. The lowest BCUT2D eigenvalue weighted by Gasteiger charge is -2.28. The quantitative estimate of drug-likeness (QED) is 0.293. The van der Waals surface area contributed by atoms with Crippen molar-refractivity contribution in [2.24, 2.45) is 4.99 Å². The van der Waals surface area contributed by atoms with Crippen LogP contribution in [0.25, 0.3) is 0 Å². The van der Waals surface area contributed by atoms with Gasteiger partial charge in [0.2, 0.25) is 5.84 Å². The fraction of sp³-hybridized carbons (Fsp3) is 0.357. The summed E-state index contributed by atoms with van der Waals surface area (Å²) in [6.45, 7) is 11.2. The lowest BCUT2D eigenvalue weighted by Crippen LogP contribution is -2.52. The topological polar surface area (TPSA) is 106 Å². The number of amides is 2. The molecule has 2 aromatic rings. The molecule has 9 nitrogen and oxygen atoms in total. The Bertz CT molecular complexity index is 1250. The first kappa shape index (κ1) is 27.6. The first-order valence-corrected chi connectivity index (χ1v) is 12.0. The van der Waals surface area contributed by atoms with Crippen LogP contribution < -0.4 is 9.22 Å². The van der Waals surface area contributed by atoms with E-state index in [-0.39, 0.29) is 13.0 Å². The molecule has 9 heteroatoms. The van der Waals surface area contributed by atoms with E-state index in [9.17, 15) is 19.5 Å². The average Bonchev–Trinajstić information content (AvgIpc) is 3.21. The number of carbonyl (C=O) groups excluding carboxylic acids is 2. The highest BCUT2D eigenvalue weighted by molar-refractivity contribution is 6.11. The first-order valence-electron chi connectivity index (χ1n) is 12.0. The number of benzene rings is 2. The van der Waals surface area contributed by atoms with Crippen LogP contribution in [0.5, 0.6) is 5.75 Å². The number of esters is 1. The standard InChI is InChI=1S/C28H33N3O6/c1-18-16-19(2)24(20(3)17-18)25(32)36-22-10-8-21(9-11-22)31(27(34)35)15-13-29-23(31)12-14-30(7)26(33)37-28(4,5)6/h8-11,13,15-17H,12,14H2,1-7H3/p+1. The molecule has 1 heterocycles. The largest absolute Gasteiger partial charge is 0.529 e. The van der Waals surface area contributed by atoms with Crippen molar-refractivity contribution in [2.75, 3.05) is 13.6 Å². The Hall–Kier alpha value is -3.98. The van der Waals surface area contributed by atoms with Crippen LogP contribution in [0.15, 0.2) is 53.8 Å². The van der Waals surface area contributed by atoms with Crippen molar-refractivity contribution in [1.29, 1.82) is 0 Å². The molecule has 1 unspecified atom stereocenters. The van der Waals surface area contributed by atoms with E-state index in [4.69, 9.17) is 9.47 Å². The van der Waals surface area contributed by atoms with Crippen LogP contribution in [-0.4, -0.2) is 53.2 Å². The second-order valence-corrected chi connectivity index (χ2v) is 10.2. The van der Waals surface area contributed by atoms with E-state index in [2.05, 4.69) is 4.99 Å². The van der Waals surface area contributed by atoms with Gasteiger partial charge in [-0.2, -0.15) is 4.79 Å². The predicted octanol–water partition coefficient (Wildman–Crippen LogP) is 5.96. The van der Waals surface area contributed by atoms with Gasteiger partial charge in [0.15, 0.2) is 5.69 Å². The minimum Gasteiger partial charge on any atom is -0.444 e. The van der Waals surface area contributed by atoms with E-state index in [1.807, 2.05) is 32.9 Å². The summed E-state index contributed by atoms with van der Waals surface area (Å²) in [4.78, 5) is 43.3. The summed E-state index contributed by atoms with van der Waals surface area (Å²) >= 11 is 0. The molecule has 0 fully saturated rings. The highest BCUT2D eigenvalue weighted by Gasteiger charge is 2.46. The van der Waals surface area contributed by atoms with Gasteiger partial charge in [0.1, 0.15) is 17.6 Å². The number of carboxylic acid groups (broad SMARTS) is 1.